The molecule has 0 aromatic heterocycles. The van der Waals surface area contributed by atoms with Crippen LogP contribution in [0.4, 0.5) is 10.1 Å². The lowest BCUT2D eigenvalue weighted by molar-refractivity contribution is 0.0506. The van der Waals surface area contributed by atoms with Crippen LogP contribution in [0.25, 0.3) is 0 Å². The third kappa shape index (κ3) is 2.59. The number of rotatable bonds is 3. The minimum atomic E-state index is -0.696. The molecule has 1 rings (SSSR count). The van der Waals surface area contributed by atoms with Crippen LogP contribution in [0.1, 0.15) is 23.7 Å². The summed E-state index contributed by atoms with van der Waals surface area (Å²) in [6, 6.07) is 2.38. The van der Waals surface area contributed by atoms with Crippen LogP contribution in [0.15, 0.2) is 12.1 Å². The lowest BCUT2D eigenvalue weighted by Crippen LogP contribution is -2.10. The highest BCUT2D eigenvalue weighted by Crippen LogP contribution is 2.25. The van der Waals surface area contributed by atoms with Crippen molar-refractivity contribution in [1.82, 2.24) is 0 Å². The minimum Gasteiger partial charge on any atom is -0.462 e. The van der Waals surface area contributed by atoms with Gasteiger partial charge in [0, 0.05) is 0 Å². The van der Waals surface area contributed by atoms with Crippen LogP contribution in [-0.2, 0) is 4.74 Å². The Kier molecular flexibility index (Phi) is 3.91. The van der Waals surface area contributed by atoms with E-state index in [1.54, 1.807) is 0 Å². The molecule has 1 aromatic rings. The summed E-state index contributed by atoms with van der Waals surface area (Å²) >= 11 is 5.73. The highest BCUT2D eigenvalue weighted by molar-refractivity contribution is 6.34. The maximum atomic E-state index is 13.1. The maximum absolute atomic E-state index is 13.1. The second-order valence-corrected chi connectivity index (χ2v) is 3.36. The van der Waals surface area contributed by atoms with E-state index in [0.717, 1.165) is 6.07 Å². The average molecular weight is 232 g/mol. The lowest BCUT2D eigenvalue weighted by Gasteiger charge is -2.08. The van der Waals surface area contributed by atoms with Gasteiger partial charge in [-0.15, -0.1) is 0 Å². The molecule has 0 aliphatic carbocycles. The van der Waals surface area contributed by atoms with Crippen LogP contribution in [0, 0.1) is 5.82 Å². The zero-order valence-corrected chi connectivity index (χ0v) is 8.97. The molecule has 2 N–H and O–H groups in total. The number of esters is 1. The Morgan fingerprint density at radius 2 is 2.27 bits per heavy atom. The number of halogens is 2. The third-order valence-corrected chi connectivity index (χ3v) is 2.10. The molecule has 0 saturated heterocycles. The van der Waals surface area contributed by atoms with Gasteiger partial charge in [0.2, 0.25) is 0 Å². The Hall–Kier alpha value is -1.29. The Labute approximate surface area is 92.0 Å². The molecule has 0 heterocycles. The van der Waals surface area contributed by atoms with E-state index in [0.29, 0.717) is 6.42 Å². The van der Waals surface area contributed by atoms with Crippen molar-refractivity contribution in [2.45, 2.75) is 13.3 Å². The largest absolute Gasteiger partial charge is 0.462 e. The van der Waals surface area contributed by atoms with Gasteiger partial charge in [0.05, 0.1) is 17.3 Å². The molecular formula is C10H11ClFNO2. The summed E-state index contributed by atoms with van der Waals surface area (Å²) in [6.07, 6.45) is 0.679. The predicted octanol–water partition coefficient (Wildman–Crippen LogP) is 2.63. The molecule has 82 valence electrons. The average Bonchev–Trinajstić information content (AvgIpc) is 2.21. The SMILES string of the molecule is CCCOC(=O)c1c(Cl)ccc(F)c1N. The molecule has 0 spiro atoms. The molecule has 0 fully saturated rings. The van der Waals surface area contributed by atoms with Crippen molar-refractivity contribution in [2.75, 3.05) is 12.3 Å². The maximum Gasteiger partial charge on any atom is 0.341 e. The van der Waals surface area contributed by atoms with Crippen molar-refractivity contribution in [2.24, 2.45) is 0 Å². The molecule has 0 atom stereocenters. The van der Waals surface area contributed by atoms with Crippen LogP contribution in [0.3, 0.4) is 0 Å². The molecule has 0 bridgehead atoms. The Morgan fingerprint density at radius 3 is 2.87 bits per heavy atom. The van der Waals surface area contributed by atoms with Crippen LogP contribution < -0.4 is 5.73 Å². The highest BCUT2D eigenvalue weighted by Gasteiger charge is 2.18. The van der Waals surface area contributed by atoms with E-state index < -0.39 is 11.8 Å². The van der Waals surface area contributed by atoms with Gasteiger partial charge in [0.25, 0.3) is 0 Å². The molecule has 0 radical (unpaired) electrons. The number of nitrogen functional groups attached to an aromatic ring is 1. The van der Waals surface area contributed by atoms with Crippen molar-refractivity contribution < 1.29 is 13.9 Å². The normalized spacial score (nSPS) is 10.1. The summed E-state index contributed by atoms with van der Waals surface area (Å²) in [7, 11) is 0. The van der Waals surface area contributed by atoms with Crippen molar-refractivity contribution in [3.05, 3.63) is 28.5 Å². The predicted molar refractivity (Wildman–Crippen MR) is 56.4 cm³/mol. The van der Waals surface area contributed by atoms with E-state index in [2.05, 4.69) is 0 Å². The van der Waals surface area contributed by atoms with E-state index >= 15 is 0 Å². The number of carbonyl (C=O) groups excluding carboxylic acids is 1. The summed E-state index contributed by atoms with van der Waals surface area (Å²) in [6.45, 7) is 2.11. The van der Waals surface area contributed by atoms with Gasteiger partial charge in [-0.25, -0.2) is 9.18 Å². The van der Waals surface area contributed by atoms with E-state index in [1.165, 1.54) is 6.07 Å². The number of ether oxygens (including phenoxy) is 1. The minimum absolute atomic E-state index is 0.0926. The molecule has 1 aromatic carbocycles. The summed E-state index contributed by atoms with van der Waals surface area (Å²) in [5.41, 5.74) is 5.01. The second-order valence-electron chi connectivity index (χ2n) is 2.95. The first-order chi connectivity index (χ1) is 7.07. The number of hydrogen-bond donors (Lipinski definition) is 1. The monoisotopic (exact) mass is 231 g/mol. The highest BCUT2D eigenvalue weighted by atomic mass is 35.5. The molecule has 0 aliphatic heterocycles. The van der Waals surface area contributed by atoms with Crippen LogP contribution in [0.5, 0.6) is 0 Å². The van der Waals surface area contributed by atoms with E-state index in [9.17, 15) is 9.18 Å². The van der Waals surface area contributed by atoms with Gasteiger partial charge in [-0.2, -0.15) is 0 Å². The summed E-state index contributed by atoms with van der Waals surface area (Å²) in [4.78, 5) is 11.4. The molecular weight excluding hydrogens is 221 g/mol. The van der Waals surface area contributed by atoms with Gasteiger partial charge >= 0.3 is 5.97 Å². The first-order valence-corrected chi connectivity index (χ1v) is 4.86. The molecule has 5 heteroatoms. The van der Waals surface area contributed by atoms with Crippen LogP contribution in [0.2, 0.25) is 5.02 Å². The van der Waals surface area contributed by atoms with Gasteiger partial charge in [0.15, 0.2) is 0 Å². The number of anilines is 1. The lowest BCUT2D eigenvalue weighted by atomic mass is 10.2. The van der Waals surface area contributed by atoms with Crippen LogP contribution >= 0.6 is 11.6 Å². The van der Waals surface area contributed by atoms with Crippen molar-refractivity contribution in [3.63, 3.8) is 0 Å². The third-order valence-electron chi connectivity index (χ3n) is 1.78. The zero-order valence-electron chi connectivity index (χ0n) is 8.22. The van der Waals surface area contributed by atoms with E-state index in [4.69, 9.17) is 22.1 Å². The number of nitrogens with two attached hydrogens (primary N) is 1. The Bertz CT molecular complexity index is 382. The summed E-state index contributed by atoms with van der Waals surface area (Å²) < 4.78 is 17.9. The smallest absolute Gasteiger partial charge is 0.341 e. The summed E-state index contributed by atoms with van der Waals surface area (Å²) in [5, 5.41) is 0.0926. The fraction of sp³-hybridized carbons (Fsp3) is 0.300. The zero-order chi connectivity index (χ0) is 11.4. The topological polar surface area (TPSA) is 52.3 Å². The number of carbonyl (C=O) groups is 1. The molecule has 0 amide bonds. The first kappa shape index (κ1) is 11.8. The van der Waals surface area contributed by atoms with Crippen molar-refractivity contribution >= 4 is 23.3 Å². The molecule has 0 unspecified atom stereocenters. The van der Waals surface area contributed by atoms with Crippen molar-refractivity contribution in [3.8, 4) is 0 Å². The summed E-state index contributed by atoms with van der Waals surface area (Å²) in [5.74, 6) is -1.37. The van der Waals surface area contributed by atoms with Gasteiger partial charge in [-0.1, -0.05) is 18.5 Å². The van der Waals surface area contributed by atoms with Gasteiger partial charge in [-0.05, 0) is 18.6 Å². The molecule has 0 saturated carbocycles. The Morgan fingerprint density at radius 1 is 1.60 bits per heavy atom. The fourth-order valence-electron chi connectivity index (χ4n) is 1.04. The molecule has 3 nitrogen and oxygen atoms in total. The molecule has 15 heavy (non-hydrogen) atoms. The standard InChI is InChI=1S/C10H11ClFNO2/c1-2-5-15-10(14)8-6(11)3-4-7(12)9(8)13/h3-4H,2,5,13H2,1H3. The van der Waals surface area contributed by atoms with Crippen molar-refractivity contribution in [1.29, 1.82) is 0 Å². The van der Waals surface area contributed by atoms with E-state index in [1.807, 2.05) is 6.92 Å². The van der Waals surface area contributed by atoms with E-state index in [-0.39, 0.29) is 22.9 Å². The van der Waals surface area contributed by atoms with Gasteiger partial charge in [0.1, 0.15) is 11.4 Å². The fourth-order valence-corrected chi connectivity index (χ4v) is 1.28. The quantitative estimate of drug-likeness (QED) is 0.643. The second kappa shape index (κ2) is 4.98. The number of benzene rings is 1. The van der Waals surface area contributed by atoms with Gasteiger partial charge < -0.3 is 10.5 Å². The van der Waals surface area contributed by atoms with Crippen LogP contribution in [-0.4, -0.2) is 12.6 Å². The first-order valence-electron chi connectivity index (χ1n) is 4.48. The van der Waals surface area contributed by atoms with Gasteiger partial charge in [-0.3, -0.25) is 0 Å². The Balaban J connectivity index is 3.02. The number of hydrogen-bond acceptors (Lipinski definition) is 3. The molecule has 0 aliphatic rings.